The second-order valence-corrected chi connectivity index (χ2v) is 5.70. The van der Waals surface area contributed by atoms with E-state index in [2.05, 4.69) is 45.3 Å². The molecule has 0 radical (unpaired) electrons. The van der Waals surface area contributed by atoms with E-state index >= 15 is 0 Å². The molecule has 1 aromatic rings. The van der Waals surface area contributed by atoms with Gasteiger partial charge in [-0.2, -0.15) is 0 Å². The highest BCUT2D eigenvalue weighted by Crippen LogP contribution is 2.29. The van der Waals surface area contributed by atoms with Gasteiger partial charge in [0, 0.05) is 25.3 Å². The van der Waals surface area contributed by atoms with Crippen LogP contribution in [0, 0.1) is 0 Å². The molecule has 1 unspecified atom stereocenters. The van der Waals surface area contributed by atoms with Gasteiger partial charge >= 0.3 is 0 Å². The van der Waals surface area contributed by atoms with Gasteiger partial charge in [0.05, 0.1) is 11.6 Å². The molecule has 4 heteroatoms. The van der Waals surface area contributed by atoms with Crippen LogP contribution in [0.5, 0.6) is 5.75 Å². The molecule has 18 heavy (non-hydrogen) atoms. The van der Waals surface area contributed by atoms with Crippen molar-refractivity contribution in [2.75, 3.05) is 32.1 Å². The van der Waals surface area contributed by atoms with E-state index in [1.807, 2.05) is 6.07 Å². The Labute approximate surface area is 118 Å². The second-order valence-electron chi connectivity index (χ2n) is 4.85. The van der Waals surface area contributed by atoms with Crippen LogP contribution in [-0.2, 0) is 0 Å². The predicted molar refractivity (Wildman–Crippen MR) is 79.6 cm³/mol. The Morgan fingerprint density at radius 1 is 1.44 bits per heavy atom. The van der Waals surface area contributed by atoms with Crippen molar-refractivity contribution >= 4 is 21.6 Å². The number of benzene rings is 1. The third kappa shape index (κ3) is 3.39. The first-order valence-electron chi connectivity index (χ1n) is 6.49. The largest absolute Gasteiger partial charge is 0.496 e. The molecule has 1 N–H and O–H groups in total. The molecule has 0 saturated carbocycles. The SMILES string of the molecule is COc1ccc(N(C)CC2CCCCN2)cc1Br. The Morgan fingerprint density at radius 2 is 2.28 bits per heavy atom. The van der Waals surface area contributed by atoms with Gasteiger partial charge < -0.3 is 15.0 Å². The van der Waals surface area contributed by atoms with Crippen molar-refractivity contribution in [3.63, 3.8) is 0 Å². The first-order chi connectivity index (χ1) is 8.70. The molecule has 0 amide bonds. The zero-order chi connectivity index (χ0) is 13.0. The molecule has 1 aliphatic rings. The average Bonchev–Trinajstić information content (AvgIpc) is 2.39. The van der Waals surface area contributed by atoms with Gasteiger partial charge in [0.1, 0.15) is 5.75 Å². The molecule has 1 saturated heterocycles. The molecule has 0 aliphatic carbocycles. The fourth-order valence-electron chi connectivity index (χ4n) is 2.41. The number of hydrogen-bond acceptors (Lipinski definition) is 3. The van der Waals surface area contributed by atoms with Crippen LogP contribution in [0.3, 0.4) is 0 Å². The number of hydrogen-bond donors (Lipinski definition) is 1. The van der Waals surface area contributed by atoms with Gasteiger partial charge in [-0.05, 0) is 53.5 Å². The van der Waals surface area contributed by atoms with Gasteiger partial charge in [-0.25, -0.2) is 0 Å². The van der Waals surface area contributed by atoms with Gasteiger partial charge in [-0.15, -0.1) is 0 Å². The zero-order valence-electron chi connectivity index (χ0n) is 11.1. The van der Waals surface area contributed by atoms with Crippen LogP contribution in [0.25, 0.3) is 0 Å². The number of ether oxygens (including phenoxy) is 1. The quantitative estimate of drug-likeness (QED) is 0.925. The molecule has 1 heterocycles. The number of anilines is 1. The van der Waals surface area contributed by atoms with E-state index < -0.39 is 0 Å². The summed E-state index contributed by atoms with van der Waals surface area (Å²) in [4.78, 5) is 2.30. The van der Waals surface area contributed by atoms with Crippen molar-refractivity contribution < 1.29 is 4.74 Å². The molecule has 3 nitrogen and oxygen atoms in total. The lowest BCUT2D eigenvalue weighted by Crippen LogP contribution is -2.42. The number of nitrogens with zero attached hydrogens (tertiary/aromatic N) is 1. The number of halogens is 1. The summed E-state index contributed by atoms with van der Waals surface area (Å²) in [7, 11) is 3.83. The van der Waals surface area contributed by atoms with Crippen LogP contribution in [0.4, 0.5) is 5.69 Å². The Hall–Kier alpha value is -0.740. The van der Waals surface area contributed by atoms with E-state index in [0.717, 1.165) is 23.3 Å². The molecule has 0 bridgehead atoms. The third-order valence-electron chi connectivity index (χ3n) is 3.48. The molecule has 1 aliphatic heterocycles. The van der Waals surface area contributed by atoms with E-state index in [1.165, 1.54) is 24.9 Å². The summed E-state index contributed by atoms with van der Waals surface area (Å²) in [5.74, 6) is 0.878. The highest BCUT2D eigenvalue weighted by atomic mass is 79.9. The van der Waals surface area contributed by atoms with Crippen molar-refractivity contribution in [1.29, 1.82) is 0 Å². The molecule has 1 fully saturated rings. The first kappa shape index (κ1) is 13.7. The van der Waals surface area contributed by atoms with E-state index in [1.54, 1.807) is 7.11 Å². The number of rotatable bonds is 4. The Morgan fingerprint density at radius 3 is 2.89 bits per heavy atom. The van der Waals surface area contributed by atoms with Gasteiger partial charge in [0.15, 0.2) is 0 Å². The highest BCUT2D eigenvalue weighted by Gasteiger charge is 2.15. The van der Waals surface area contributed by atoms with Crippen molar-refractivity contribution in [2.24, 2.45) is 0 Å². The van der Waals surface area contributed by atoms with Crippen LogP contribution < -0.4 is 15.0 Å². The molecule has 0 aromatic heterocycles. The summed E-state index contributed by atoms with van der Waals surface area (Å²) in [5.41, 5.74) is 1.22. The van der Waals surface area contributed by atoms with Crippen LogP contribution >= 0.6 is 15.9 Å². The van der Waals surface area contributed by atoms with E-state index in [-0.39, 0.29) is 0 Å². The standard InChI is InChI=1S/C14H21BrN2O/c1-17(10-11-5-3-4-8-16-11)12-6-7-14(18-2)13(15)9-12/h6-7,9,11,16H,3-5,8,10H2,1-2H3. The second kappa shape index (κ2) is 6.43. The first-order valence-corrected chi connectivity index (χ1v) is 7.28. The van der Waals surface area contributed by atoms with Crippen LogP contribution in [0.15, 0.2) is 22.7 Å². The Balaban J connectivity index is 1.99. The summed E-state index contributed by atoms with van der Waals surface area (Å²) < 4.78 is 6.26. The van der Waals surface area contributed by atoms with Crippen LogP contribution in [0.1, 0.15) is 19.3 Å². The number of nitrogens with one attached hydrogen (secondary N) is 1. The Kier molecular flexibility index (Phi) is 4.89. The number of methoxy groups -OCH3 is 1. The maximum atomic E-state index is 5.25. The summed E-state index contributed by atoms with van der Waals surface area (Å²) in [6, 6.07) is 6.84. The summed E-state index contributed by atoms with van der Waals surface area (Å²) in [6.45, 7) is 2.21. The summed E-state index contributed by atoms with van der Waals surface area (Å²) >= 11 is 3.53. The van der Waals surface area contributed by atoms with E-state index in [4.69, 9.17) is 4.74 Å². The fourth-order valence-corrected chi connectivity index (χ4v) is 2.94. The molecule has 1 atom stereocenters. The highest BCUT2D eigenvalue weighted by molar-refractivity contribution is 9.10. The third-order valence-corrected chi connectivity index (χ3v) is 4.10. The summed E-state index contributed by atoms with van der Waals surface area (Å²) in [5, 5.41) is 3.58. The van der Waals surface area contributed by atoms with Crippen molar-refractivity contribution in [3.05, 3.63) is 22.7 Å². The van der Waals surface area contributed by atoms with E-state index in [0.29, 0.717) is 6.04 Å². The van der Waals surface area contributed by atoms with Crippen LogP contribution in [-0.4, -0.2) is 33.3 Å². The predicted octanol–water partition coefficient (Wildman–Crippen LogP) is 3.04. The van der Waals surface area contributed by atoms with E-state index in [9.17, 15) is 0 Å². The fraction of sp³-hybridized carbons (Fsp3) is 0.571. The molecule has 0 spiro atoms. The zero-order valence-corrected chi connectivity index (χ0v) is 12.7. The Bertz CT molecular complexity index is 391. The molecular formula is C14H21BrN2O. The minimum atomic E-state index is 0.615. The van der Waals surface area contributed by atoms with Crippen molar-refractivity contribution in [2.45, 2.75) is 25.3 Å². The maximum Gasteiger partial charge on any atom is 0.133 e. The minimum Gasteiger partial charge on any atom is -0.496 e. The lowest BCUT2D eigenvalue weighted by molar-refractivity contribution is 0.403. The lowest BCUT2D eigenvalue weighted by Gasteiger charge is -2.29. The molecular weight excluding hydrogens is 292 g/mol. The smallest absolute Gasteiger partial charge is 0.133 e. The topological polar surface area (TPSA) is 24.5 Å². The normalized spacial score (nSPS) is 19.6. The molecule has 100 valence electrons. The monoisotopic (exact) mass is 312 g/mol. The van der Waals surface area contributed by atoms with Crippen molar-refractivity contribution in [3.8, 4) is 5.75 Å². The number of piperidine rings is 1. The van der Waals surface area contributed by atoms with Gasteiger partial charge in [0.2, 0.25) is 0 Å². The van der Waals surface area contributed by atoms with Gasteiger partial charge in [-0.1, -0.05) is 6.42 Å². The summed E-state index contributed by atoms with van der Waals surface area (Å²) in [6.07, 6.45) is 3.94. The molecule has 1 aromatic carbocycles. The van der Waals surface area contributed by atoms with Crippen molar-refractivity contribution in [1.82, 2.24) is 5.32 Å². The molecule has 2 rings (SSSR count). The maximum absolute atomic E-state index is 5.25. The van der Waals surface area contributed by atoms with Crippen LogP contribution in [0.2, 0.25) is 0 Å². The van der Waals surface area contributed by atoms with Gasteiger partial charge in [-0.3, -0.25) is 0 Å². The average molecular weight is 313 g/mol. The minimum absolute atomic E-state index is 0.615. The number of likely N-dealkylation sites (N-methyl/N-ethyl adjacent to an activating group) is 1. The van der Waals surface area contributed by atoms with Gasteiger partial charge in [0.25, 0.3) is 0 Å². The lowest BCUT2D eigenvalue weighted by atomic mass is 10.0.